The van der Waals surface area contributed by atoms with Crippen LogP contribution in [0.5, 0.6) is 0 Å². The number of nitrogens with one attached hydrogen (secondary N) is 1. The summed E-state index contributed by atoms with van der Waals surface area (Å²) in [5.41, 5.74) is 2.54. The molecular weight excluding hydrogens is 241 g/mol. The highest BCUT2D eigenvalue weighted by molar-refractivity contribution is 7.79. The molecule has 1 aliphatic carbocycles. The van der Waals surface area contributed by atoms with Gasteiger partial charge in [-0.05, 0) is 24.0 Å². The minimum Gasteiger partial charge on any atom is -0.307 e. The molecule has 1 unspecified atom stereocenters. The number of hydrogen-bond acceptors (Lipinski definition) is 2. The van der Waals surface area contributed by atoms with Crippen LogP contribution in [0.2, 0.25) is 0 Å². The molecule has 94 valence electrons. The van der Waals surface area contributed by atoms with E-state index in [-0.39, 0.29) is 18.3 Å². The first-order valence-corrected chi connectivity index (χ1v) is 6.97. The average Bonchev–Trinajstić information content (AvgIpc) is 2.69. The first kappa shape index (κ1) is 12.7. The van der Waals surface area contributed by atoms with Crippen LogP contribution in [0.1, 0.15) is 23.6 Å². The van der Waals surface area contributed by atoms with E-state index in [1.807, 2.05) is 12.1 Å². The number of rotatable bonds is 5. The standard InChI is InChI=1S/C12H16FNO2S/c13-10(8-17(15)16)7-14-12-6-5-9-3-1-2-4-11(9)12/h1-4,10,12,14H,5-8H2,(H,15,16)/t10-,12+/m1/s1. The molecule has 0 amide bonds. The van der Waals surface area contributed by atoms with Crippen molar-refractivity contribution in [2.75, 3.05) is 12.3 Å². The van der Waals surface area contributed by atoms with Crippen molar-refractivity contribution >= 4 is 11.1 Å². The van der Waals surface area contributed by atoms with Crippen LogP contribution in [0.4, 0.5) is 4.39 Å². The van der Waals surface area contributed by atoms with Gasteiger partial charge in [0.25, 0.3) is 0 Å². The Morgan fingerprint density at radius 1 is 1.53 bits per heavy atom. The van der Waals surface area contributed by atoms with Gasteiger partial charge in [-0.2, -0.15) is 0 Å². The van der Waals surface area contributed by atoms with E-state index in [9.17, 15) is 8.60 Å². The topological polar surface area (TPSA) is 49.3 Å². The van der Waals surface area contributed by atoms with Gasteiger partial charge >= 0.3 is 0 Å². The molecule has 0 radical (unpaired) electrons. The molecule has 1 aromatic rings. The third-order valence-electron chi connectivity index (χ3n) is 3.04. The summed E-state index contributed by atoms with van der Waals surface area (Å²) < 4.78 is 32.3. The summed E-state index contributed by atoms with van der Waals surface area (Å²) in [6.45, 7) is 0.130. The van der Waals surface area contributed by atoms with Gasteiger partial charge in [0, 0.05) is 12.6 Å². The number of aryl methyl sites for hydroxylation is 1. The lowest BCUT2D eigenvalue weighted by molar-refractivity contribution is 0.329. The lowest BCUT2D eigenvalue weighted by Gasteiger charge is -2.15. The van der Waals surface area contributed by atoms with Crippen LogP contribution in [0.15, 0.2) is 24.3 Å². The first-order chi connectivity index (χ1) is 8.16. The van der Waals surface area contributed by atoms with Gasteiger partial charge in [-0.25, -0.2) is 8.60 Å². The van der Waals surface area contributed by atoms with E-state index in [4.69, 9.17) is 4.55 Å². The minimum absolute atomic E-state index is 0.130. The van der Waals surface area contributed by atoms with Crippen LogP contribution >= 0.6 is 0 Å². The predicted octanol–water partition coefficient (Wildman–Crippen LogP) is 1.82. The Bertz CT molecular complexity index is 413. The second-order valence-electron chi connectivity index (χ2n) is 4.28. The van der Waals surface area contributed by atoms with E-state index < -0.39 is 17.3 Å². The Morgan fingerprint density at radius 3 is 3.06 bits per heavy atom. The Labute approximate surface area is 103 Å². The maximum absolute atomic E-state index is 13.3. The molecule has 0 spiro atoms. The molecule has 5 heteroatoms. The molecular formula is C12H16FNO2S. The Hall–Kier alpha value is -0.780. The van der Waals surface area contributed by atoms with Crippen LogP contribution in [-0.4, -0.2) is 27.2 Å². The molecule has 0 saturated heterocycles. The van der Waals surface area contributed by atoms with E-state index >= 15 is 0 Å². The number of alkyl halides is 1. The van der Waals surface area contributed by atoms with Crippen molar-refractivity contribution in [3.8, 4) is 0 Å². The predicted molar refractivity (Wildman–Crippen MR) is 66.0 cm³/mol. The van der Waals surface area contributed by atoms with Crippen molar-refractivity contribution < 1.29 is 13.2 Å². The summed E-state index contributed by atoms with van der Waals surface area (Å²) in [4.78, 5) is 0. The van der Waals surface area contributed by atoms with Crippen molar-refractivity contribution in [2.24, 2.45) is 0 Å². The molecule has 0 bridgehead atoms. The van der Waals surface area contributed by atoms with Gasteiger partial charge in [0.1, 0.15) is 6.17 Å². The maximum atomic E-state index is 13.3. The van der Waals surface area contributed by atoms with Gasteiger partial charge < -0.3 is 9.87 Å². The van der Waals surface area contributed by atoms with Crippen LogP contribution in [-0.2, 0) is 17.5 Å². The van der Waals surface area contributed by atoms with Gasteiger partial charge in [-0.3, -0.25) is 0 Å². The summed E-state index contributed by atoms with van der Waals surface area (Å²) in [5, 5.41) is 3.12. The molecule has 2 N–H and O–H groups in total. The highest BCUT2D eigenvalue weighted by Gasteiger charge is 2.22. The molecule has 0 aromatic heterocycles. The molecule has 1 aliphatic rings. The Kier molecular flexibility index (Phi) is 4.25. The van der Waals surface area contributed by atoms with E-state index in [0.29, 0.717) is 0 Å². The average molecular weight is 257 g/mol. The Morgan fingerprint density at radius 2 is 2.29 bits per heavy atom. The van der Waals surface area contributed by atoms with Crippen LogP contribution in [0.25, 0.3) is 0 Å². The fourth-order valence-corrected chi connectivity index (χ4v) is 2.68. The van der Waals surface area contributed by atoms with Gasteiger partial charge in [-0.1, -0.05) is 24.3 Å². The van der Waals surface area contributed by atoms with E-state index in [0.717, 1.165) is 12.8 Å². The minimum atomic E-state index is -2.06. The highest BCUT2D eigenvalue weighted by Crippen LogP contribution is 2.30. The van der Waals surface area contributed by atoms with Gasteiger partial charge in [0.15, 0.2) is 11.1 Å². The van der Waals surface area contributed by atoms with Crippen molar-refractivity contribution in [1.82, 2.24) is 5.32 Å². The molecule has 0 aliphatic heterocycles. The highest BCUT2D eigenvalue weighted by atomic mass is 32.2. The second kappa shape index (κ2) is 5.71. The molecule has 3 nitrogen and oxygen atoms in total. The quantitative estimate of drug-likeness (QED) is 0.791. The van der Waals surface area contributed by atoms with E-state index in [2.05, 4.69) is 17.4 Å². The van der Waals surface area contributed by atoms with Crippen LogP contribution in [0, 0.1) is 0 Å². The smallest absolute Gasteiger partial charge is 0.155 e. The molecule has 1 aromatic carbocycles. The molecule has 0 fully saturated rings. The van der Waals surface area contributed by atoms with Crippen molar-refractivity contribution in [3.63, 3.8) is 0 Å². The monoisotopic (exact) mass is 257 g/mol. The molecule has 0 heterocycles. The SMILES string of the molecule is O=S(O)C[C@H](F)CN[C@H]1CCc2ccccc21. The Balaban J connectivity index is 1.87. The van der Waals surface area contributed by atoms with Gasteiger partial charge in [0.2, 0.25) is 0 Å². The molecule has 3 atom stereocenters. The van der Waals surface area contributed by atoms with E-state index in [1.165, 1.54) is 11.1 Å². The fourth-order valence-electron chi connectivity index (χ4n) is 2.25. The number of hydrogen-bond donors (Lipinski definition) is 2. The zero-order valence-corrected chi connectivity index (χ0v) is 10.3. The number of halogens is 1. The lowest BCUT2D eigenvalue weighted by atomic mass is 10.1. The molecule has 17 heavy (non-hydrogen) atoms. The van der Waals surface area contributed by atoms with Crippen molar-refractivity contribution in [1.29, 1.82) is 0 Å². The van der Waals surface area contributed by atoms with Gasteiger partial charge in [-0.15, -0.1) is 0 Å². The zero-order chi connectivity index (χ0) is 12.3. The van der Waals surface area contributed by atoms with E-state index in [1.54, 1.807) is 0 Å². The second-order valence-corrected chi connectivity index (χ2v) is 5.26. The third-order valence-corrected chi connectivity index (χ3v) is 3.69. The first-order valence-electron chi connectivity index (χ1n) is 5.69. The maximum Gasteiger partial charge on any atom is 0.155 e. The number of benzene rings is 1. The van der Waals surface area contributed by atoms with Crippen molar-refractivity contribution in [2.45, 2.75) is 25.1 Å². The summed E-state index contributed by atoms with van der Waals surface area (Å²) in [6, 6.07) is 8.31. The zero-order valence-electron chi connectivity index (χ0n) is 9.43. The molecule has 2 rings (SSSR count). The van der Waals surface area contributed by atoms with Crippen molar-refractivity contribution in [3.05, 3.63) is 35.4 Å². The van der Waals surface area contributed by atoms with Gasteiger partial charge in [0.05, 0.1) is 5.75 Å². The largest absolute Gasteiger partial charge is 0.307 e. The summed E-state index contributed by atoms with van der Waals surface area (Å²) in [6.07, 6.45) is 0.707. The molecule has 0 saturated carbocycles. The van der Waals surface area contributed by atoms with Crippen LogP contribution in [0.3, 0.4) is 0 Å². The summed E-state index contributed by atoms with van der Waals surface area (Å²) in [7, 11) is 0. The van der Waals surface area contributed by atoms with Crippen LogP contribution < -0.4 is 5.32 Å². The third kappa shape index (κ3) is 3.34. The fraction of sp³-hybridized carbons (Fsp3) is 0.500. The lowest BCUT2D eigenvalue weighted by Crippen LogP contribution is -2.30. The normalized spacial score (nSPS) is 22.1. The number of fused-ring (bicyclic) bond motifs is 1. The summed E-state index contributed by atoms with van der Waals surface area (Å²) in [5.74, 6) is -0.318. The summed E-state index contributed by atoms with van der Waals surface area (Å²) >= 11 is -2.06.